The van der Waals surface area contributed by atoms with E-state index in [1.807, 2.05) is 84.4 Å². The van der Waals surface area contributed by atoms with Crippen LogP contribution in [-0.2, 0) is 0 Å². The van der Waals surface area contributed by atoms with E-state index in [1.54, 1.807) is 0 Å². The van der Waals surface area contributed by atoms with Crippen LogP contribution in [0.5, 0.6) is 0 Å². The van der Waals surface area contributed by atoms with Gasteiger partial charge in [0.1, 0.15) is 0 Å². The maximum atomic E-state index is 12.8. The van der Waals surface area contributed by atoms with Crippen molar-refractivity contribution in [1.82, 2.24) is 9.78 Å². The van der Waals surface area contributed by atoms with Crippen molar-refractivity contribution in [2.75, 3.05) is 5.32 Å². The van der Waals surface area contributed by atoms with Gasteiger partial charge in [0.2, 0.25) is 0 Å². The lowest BCUT2D eigenvalue weighted by molar-refractivity contribution is 0.102. The first kappa shape index (κ1) is 16.5. The summed E-state index contributed by atoms with van der Waals surface area (Å²) in [5, 5.41) is 8.34. The Morgan fingerprint density at radius 1 is 1.00 bits per heavy atom. The Hall–Kier alpha value is -2.92. The van der Waals surface area contributed by atoms with E-state index in [2.05, 4.69) is 26.3 Å². The molecular weight excluding hydrogens is 390 g/mol. The van der Waals surface area contributed by atoms with Gasteiger partial charge in [-0.25, -0.2) is 4.68 Å². The molecule has 0 saturated carbocycles. The number of hydrogen-bond donors (Lipinski definition) is 1. The molecule has 1 amide bonds. The molecule has 4 nitrogen and oxygen atoms in total. The second-order valence-electron chi connectivity index (χ2n) is 6.08. The Morgan fingerprint density at radius 2 is 1.77 bits per heavy atom. The minimum Gasteiger partial charge on any atom is -0.321 e. The fourth-order valence-corrected chi connectivity index (χ4v) is 3.27. The van der Waals surface area contributed by atoms with E-state index in [0.29, 0.717) is 5.69 Å². The highest BCUT2D eigenvalue weighted by molar-refractivity contribution is 9.10. The monoisotopic (exact) mass is 405 g/mol. The molecule has 0 saturated heterocycles. The maximum absolute atomic E-state index is 12.8. The van der Waals surface area contributed by atoms with E-state index >= 15 is 0 Å². The van der Waals surface area contributed by atoms with Gasteiger partial charge in [0.05, 0.1) is 11.2 Å². The zero-order chi connectivity index (χ0) is 18.1. The number of hydrogen-bond acceptors (Lipinski definition) is 2. The van der Waals surface area contributed by atoms with E-state index in [0.717, 1.165) is 26.8 Å². The smallest absolute Gasteiger partial charge is 0.276 e. The van der Waals surface area contributed by atoms with Crippen molar-refractivity contribution < 1.29 is 4.79 Å². The van der Waals surface area contributed by atoms with E-state index in [9.17, 15) is 4.79 Å². The Kier molecular flexibility index (Phi) is 4.31. The highest BCUT2D eigenvalue weighted by Gasteiger charge is 2.18. The second-order valence-corrected chi connectivity index (χ2v) is 6.99. The van der Waals surface area contributed by atoms with Crippen molar-refractivity contribution in [2.24, 2.45) is 0 Å². The molecule has 1 N–H and O–H groups in total. The summed E-state index contributed by atoms with van der Waals surface area (Å²) in [5.41, 5.74) is 4.13. The number of fused-ring (bicyclic) bond motifs is 1. The van der Waals surface area contributed by atoms with Gasteiger partial charge in [-0.15, -0.1) is 0 Å². The molecule has 5 heteroatoms. The zero-order valence-corrected chi connectivity index (χ0v) is 15.7. The number of anilines is 1. The molecule has 26 heavy (non-hydrogen) atoms. The van der Waals surface area contributed by atoms with Crippen LogP contribution in [0.2, 0.25) is 0 Å². The van der Waals surface area contributed by atoms with E-state index in [4.69, 9.17) is 0 Å². The predicted octanol–water partition coefficient (Wildman–Crippen LogP) is 5.35. The Labute approximate surface area is 159 Å². The van der Waals surface area contributed by atoms with Crippen LogP contribution in [-0.4, -0.2) is 15.7 Å². The van der Waals surface area contributed by atoms with Crippen molar-refractivity contribution in [3.8, 4) is 5.69 Å². The van der Waals surface area contributed by atoms with Crippen molar-refractivity contribution >= 4 is 38.4 Å². The summed E-state index contributed by atoms with van der Waals surface area (Å²) in [6, 6.07) is 23.3. The molecule has 0 aliphatic rings. The third-order valence-electron chi connectivity index (χ3n) is 4.16. The molecule has 0 unspecified atom stereocenters. The lowest BCUT2D eigenvalue weighted by Crippen LogP contribution is -2.13. The summed E-state index contributed by atoms with van der Waals surface area (Å²) in [6.45, 7) is 2.04. The molecule has 0 bridgehead atoms. The summed E-state index contributed by atoms with van der Waals surface area (Å²) in [6.07, 6.45) is 0. The molecule has 0 atom stereocenters. The Morgan fingerprint density at radius 3 is 2.54 bits per heavy atom. The minimum atomic E-state index is -0.231. The average Bonchev–Trinajstić information content (AvgIpc) is 3.02. The third kappa shape index (κ3) is 3.13. The highest BCUT2D eigenvalue weighted by atomic mass is 79.9. The first-order chi connectivity index (χ1) is 12.6. The van der Waals surface area contributed by atoms with Crippen LogP contribution in [0.15, 0.2) is 77.3 Å². The molecular formula is C21H16BrN3O. The Bertz CT molecular complexity index is 1100. The number of nitrogens with one attached hydrogen (secondary N) is 1. The number of aromatic nitrogens is 2. The van der Waals surface area contributed by atoms with E-state index < -0.39 is 0 Å². The molecule has 0 fully saturated rings. The normalized spacial score (nSPS) is 10.8. The summed E-state index contributed by atoms with van der Waals surface area (Å²) in [4.78, 5) is 12.8. The van der Waals surface area contributed by atoms with Crippen LogP contribution in [0, 0.1) is 6.92 Å². The predicted molar refractivity (Wildman–Crippen MR) is 108 cm³/mol. The molecule has 4 aromatic rings. The molecule has 3 aromatic carbocycles. The topological polar surface area (TPSA) is 46.9 Å². The zero-order valence-electron chi connectivity index (χ0n) is 14.1. The average molecular weight is 406 g/mol. The van der Waals surface area contributed by atoms with Crippen molar-refractivity contribution in [2.45, 2.75) is 6.92 Å². The number of carbonyl (C=O) groups excluding carboxylic acids is 1. The number of amides is 1. The van der Waals surface area contributed by atoms with Crippen LogP contribution >= 0.6 is 15.9 Å². The van der Waals surface area contributed by atoms with Gasteiger partial charge >= 0.3 is 0 Å². The van der Waals surface area contributed by atoms with Gasteiger partial charge in [-0.3, -0.25) is 4.79 Å². The number of aryl methyl sites for hydroxylation is 1. The van der Waals surface area contributed by atoms with Gasteiger partial charge in [0.25, 0.3) is 5.91 Å². The molecule has 128 valence electrons. The standard InChI is InChI=1S/C21H16BrN3O/c1-14-9-11-17(12-10-14)25-19-8-3-2-7-18(19)20(24-25)21(26)23-16-6-4-5-15(22)13-16/h2-13H,1H3,(H,23,26). The minimum absolute atomic E-state index is 0.231. The SMILES string of the molecule is Cc1ccc(-n2nc(C(=O)Nc3cccc(Br)c3)c3ccccc32)cc1. The first-order valence-electron chi connectivity index (χ1n) is 8.23. The van der Waals surface area contributed by atoms with Gasteiger partial charge in [0.15, 0.2) is 5.69 Å². The summed E-state index contributed by atoms with van der Waals surface area (Å²) >= 11 is 3.42. The third-order valence-corrected chi connectivity index (χ3v) is 4.66. The molecule has 0 radical (unpaired) electrons. The quantitative estimate of drug-likeness (QED) is 0.499. The van der Waals surface area contributed by atoms with E-state index in [-0.39, 0.29) is 5.91 Å². The lowest BCUT2D eigenvalue weighted by Gasteiger charge is -2.04. The van der Waals surface area contributed by atoms with Crippen LogP contribution in [0.4, 0.5) is 5.69 Å². The number of rotatable bonds is 3. The largest absolute Gasteiger partial charge is 0.321 e. The van der Waals surface area contributed by atoms with Gasteiger partial charge < -0.3 is 5.32 Å². The Balaban J connectivity index is 1.78. The number of para-hydroxylation sites is 1. The van der Waals surface area contributed by atoms with Crippen LogP contribution in [0.3, 0.4) is 0 Å². The number of carbonyl (C=O) groups is 1. The van der Waals surface area contributed by atoms with Crippen LogP contribution in [0.25, 0.3) is 16.6 Å². The number of benzene rings is 3. The van der Waals surface area contributed by atoms with E-state index in [1.165, 1.54) is 5.56 Å². The molecule has 0 aliphatic carbocycles. The maximum Gasteiger partial charge on any atom is 0.276 e. The van der Waals surface area contributed by atoms with Crippen molar-refractivity contribution in [3.05, 3.63) is 88.5 Å². The molecule has 0 aliphatic heterocycles. The summed E-state index contributed by atoms with van der Waals surface area (Å²) in [5.74, 6) is -0.231. The van der Waals surface area contributed by atoms with Gasteiger partial charge in [-0.05, 0) is 43.3 Å². The van der Waals surface area contributed by atoms with Crippen LogP contribution in [0.1, 0.15) is 16.1 Å². The fourth-order valence-electron chi connectivity index (χ4n) is 2.87. The molecule has 4 rings (SSSR count). The van der Waals surface area contributed by atoms with Crippen molar-refractivity contribution in [3.63, 3.8) is 0 Å². The fraction of sp³-hybridized carbons (Fsp3) is 0.0476. The van der Waals surface area contributed by atoms with Gasteiger partial charge in [-0.1, -0.05) is 57.9 Å². The number of halogens is 1. The summed E-state index contributed by atoms with van der Waals surface area (Å²) in [7, 11) is 0. The van der Waals surface area contributed by atoms with Crippen LogP contribution < -0.4 is 5.32 Å². The van der Waals surface area contributed by atoms with Crippen molar-refractivity contribution in [1.29, 1.82) is 0 Å². The van der Waals surface area contributed by atoms with Gasteiger partial charge in [-0.2, -0.15) is 5.10 Å². The van der Waals surface area contributed by atoms with Gasteiger partial charge in [0, 0.05) is 15.5 Å². The lowest BCUT2D eigenvalue weighted by atomic mass is 10.2. The molecule has 0 spiro atoms. The molecule has 1 heterocycles. The number of nitrogens with zero attached hydrogens (tertiary/aromatic N) is 2. The summed E-state index contributed by atoms with van der Waals surface area (Å²) < 4.78 is 2.72. The highest BCUT2D eigenvalue weighted by Crippen LogP contribution is 2.24. The second kappa shape index (κ2) is 6.77. The molecule has 1 aromatic heterocycles. The first-order valence-corrected chi connectivity index (χ1v) is 9.03.